The van der Waals surface area contributed by atoms with E-state index in [0.29, 0.717) is 16.5 Å². The Morgan fingerprint density at radius 3 is 2.84 bits per heavy atom. The quantitative estimate of drug-likeness (QED) is 0.571. The van der Waals surface area contributed by atoms with Gasteiger partial charge in [-0.05, 0) is 18.6 Å². The van der Waals surface area contributed by atoms with Crippen molar-refractivity contribution in [2.24, 2.45) is 0 Å². The minimum Gasteiger partial charge on any atom is -0.437 e. The van der Waals surface area contributed by atoms with Crippen LogP contribution < -0.4 is 4.74 Å². The van der Waals surface area contributed by atoms with Gasteiger partial charge in [-0.15, -0.1) is 0 Å². The third-order valence-electron chi connectivity index (χ3n) is 2.36. The van der Waals surface area contributed by atoms with Gasteiger partial charge < -0.3 is 4.74 Å². The Bertz CT molecular complexity index is 561. The van der Waals surface area contributed by atoms with E-state index in [9.17, 15) is 0 Å². The lowest BCUT2D eigenvalue weighted by molar-refractivity contribution is 0.462. The molecule has 0 unspecified atom stereocenters. The van der Waals surface area contributed by atoms with Crippen LogP contribution in [0.1, 0.15) is 24.6 Å². The molecule has 0 bridgehead atoms. The van der Waals surface area contributed by atoms with Crippen LogP contribution in [0.5, 0.6) is 11.6 Å². The summed E-state index contributed by atoms with van der Waals surface area (Å²) in [5.41, 5.74) is 0. The smallest absolute Gasteiger partial charge is 0.249 e. The normalized spacial score (nSPS) is 10.1. The highest BCUT2D eigenvalue weighted by atomic mass is 32.2. The topological polar surface area (TPSA) is 45.9 Å². The summed E-state index contributed by atoms with van der Waals surface area (Å²) < 4.78 is 6.55. The van der Waals surface area contributed by atoms with Crippen molar-refractivity contribution in [1.29, 1.82) is 5.26 Å². The Hall–Kier alpha value is -1.51. The molecule has 0 saturated heterocycles. The molecule has 5 heteroatoms. The fourth-order valence-electron chi connectivity index (χ4n) is 1.39. The fraction of sp³-hybridized carbons (Fsp3) is 0.286. The van der Waals surface area contributed by atoms with Crippen LogP contribution in [0, 0.1) is 11.3 Å². The monoisotopic (exact) mass is 290 g/mol. The van der Waals surface area contributed by atoms with Crippen LogP contribution in [0.15, 0.2) is 34.7 Å². The number of hydrogen-bond acceptors (Lipinski definition) is 5. The van der Waals surface area contributed by atoms with E-state index in [1.165, 1.54) is 11.3 Å². The average Bonchev–Trinajstić information content (AvgIpc) is 2.82. The molecular formula is C14H14N2OS2. The molecule has 0 atom stereocenters. The molecule has 0 spiro atoms. The lowest BCUT2D eigenvalue weighted by Crippen LogP contribution is -1.86. The second-order valence-electron chi connectivity index (χ2n) is 3.84. The first kappa shape index (κ1) is 13.9. The van der Waals surface area contributed by atoms with E-state index in [-0.39, 0.29) is 0 Å². The SMILES string of the molecule is CCCCSc1nc(Oc2ccccc2)c(C#N)s1. The third-order valence-corrected chi connectivity index (χ3v) is 4.53. The van der Waals surface area contributed by atoms with E-state index in [1.54, 1.807) is 11.8 Å². The Labute approximate surface area is 121 Å². The van der Waals surface area contributed by atoms with Crippen molar-refractivity contribution in [3.8, 4) is 17.7 Å². The summed E-state index contributed by atoms with van der Waals surface area (Å²) >= 11 is 3.08. The maximum Gasteiger partial charge on any atom is 0.249 e. The first-order valence-corrected chi connectivity index (χ1v) is 7.90. The summed E-state index contributed by atoms with van der Waals surface area (Å²) in [6.07, 6.45) is 2.32. The fourth-order valence-corrected chi connectivity index (χ4v) is 3.41. The minimum atomic E-state index is 0.415. The first-order valence-electron chi connectivity index (χ1n) is 6.10. The van der Waals surface area contributed by atoms with E-state index in [4.69, 9.17) is 10.00 Å². The Morgan fingerprint density at radius 1 is 1.37 bits per heavy atom. The van der Waals surface area contributed by atoms with Crippen LogP contribution in [0.3, 0.4) is 0 Å². The van der Waals surface area contributed by atoms with Crippen molar-refractivity contribution in [1.82, 2.24) is 4.98 Å². The zero-order valence-corrected chi connectivity index (χ0v) is 12.3. The Balaban J connectivity index is 2.09. The van der Waals surface area contributed by atoms with Crippen molar-refractivity contribution in [2.45, 2.75) is 24.1 Å². The van der Waals surface area contributed by atoms with Crippen molar-refractivity contribution < 1.29 is 4.74 Å². The molecule has 2 aromatic rings. The molecule has 1 heterocycles. The second kappa shape index (κ2) is 7.17. The van der Waals surface area contributed by atoms with Gasteiger partial charge >= 0.3 is 0 Å². The molecule has 3 nitrogen and oxygen atoms in total. The zero-order valence-electron chi connectivity index (χ0n) is 10.6. The minimum absolute atomic E-state index is 0.415. The molecule has 1 aromatic heterocycles. The standard InChI is InChI=1S/C14H14N2OS2/c1-2-3-9-18-14-16-13(12(10-15)19-14)17-11-7-5-4-6-8-11/h4-8H,2-3,9H2,1H3. The lowest BCUT2D eigenvalue weighted by Gasteiger charge is -2.01. The molecule has 0 fully saturated rings. The number of para-hydroxylation sites is 1. The molecule has 0 aliphatic carbocycles. The van der Waals surface area contributed by atoms with Crippen LogP contribution in [0.4, 0.5) is 0 Å². The van der Waals surface area contributed by atoms with Gasteiger partial charge in [0, 0.05) is 5.75 Å². The number of hydrogen-bond donors (Lipinski definition) is 0. The number of nitriles is 1. The molecule has 0 aliphatic heterocycles. The zero-order chi connectivity index (χ0) is 13.5. The number of nitrogens with zero attached hydrogens (tertiary/aromatic N) is 2. The van der Waals surface area contributed by atoms with E-state index < -0.39 is 0 Å². The summed E-state index contributed by atoms with van der Waals surface area (Å²) in [6, 6.07) is 11.6. The number of benzene rings is 1. The van der Waals surface area contributed by atoms with Gasteiger partial charge in [-0.1, -0.05) is 54.6 Å². The molecule has 0 radical (unpaired) electrons. The van der Waals surface area contributed by atoms with Gasteiger partial charge in [0.25, 0.3) is 0 Å². The molecule has 2 rings (SSSR count). The highest BCUT2D eigenvalue weighted by molar-refractivity contribution is 8.01. The van der Waals surface area contributed by atoms with Crippen molar-refractivity contribution in [3.05, 3.63) is 35.2 Å². The lowest BCUT2D eigenvalue weighted by atomic mass is 10.3. The van der Waals surface area contributed by atoms with Gasteiger partial charge in [-0.2, -0.15) is 10.2 Å². The molecule has 1 aromatic carbocycles. The highest BCUT2D eigenvalue weighted by Crippen LogP contribution is 2.34. The summed E-state index contributed by atoms with van der Waals surface area (Å²) in [5, 5.41) is 9.11. The van der Waals surface area contributed by atoms with Gasteiger partial charge in [0.2, 0.25) is 5.88 Å². The predicted octanol–water partition coefficient (Wildman–Crippen LogP) is 4.70. The van der Waals surface area contributed by atoms with Crippen LogP contribution >= 0.6 is 23.1 Å². The van der Waals surface area contributed by atoms with E-state index in [1.807, 2.05) is 30.3 Å². The van der Waals surface area contributed by atoms with E-state index in [2.05, 4.69) is 18.0 Å². The summed E-state index contributed by atoms with van der Waals surface area (Å²) in [4.78, 5) is 4.92. The Morgan fingerprint density at radius 2 is 2.16 bits per heavy atom. The summed E-state index contributed by atoms with van der Waals surface area (Å²) in [6.45, 7) is 2.16. The number of aromatic nitrogens is 1. The molecule has 98 valence electrons. The third kappa shape index (κ3) is 3.98. The largest absolute Gasteiger partial charge is 0.437 e. The number of unbranched alkanes of at least 4 members (excludes halogenated alkanes) is 1. The second-order valence-corrected chi connectivity index (χ2v) is 6.18. The number of thiazole rings is 1. The number of ether oxygens (including phenoxy) is 1. The molecule has 0 saturated carbocycles. The van der Waals surface area contributed by atoms with Crippen LogP contribution in [-0.2, 0) is 0 Å². The van der Waals surface area contributed by atoms with Crippen LogP contribution in [0.2, 0.25) is 0 Å². The van der Waals surface area contributed by atoms with Crippen LogP contribution in [-0.4, -0.2) is 10.7 Å². The van der Waals surface area contributed by atoms with Gasteiger partial charge in [0.05, 0.1) is 0 Å². The van der Waals surface area contributed by atoms with E-state index >= 15 is 0 Å². The summed E-state index contributed by atoms with van der Waals surface area (Å²) in [7, 11) is 0. The van der Waals surface area contributed by atoms with Crippen molar-refractivity contribution >= 4 is 23.1 Å². The Kier molecular flexibility index (Phi) is 5.25. The number of rotatable bonds is 6. The van der Waals surface area contributed by atoms with Gasteiger partial charge in [-0.25, -0.2) is 0 Å². The molecule has 0 aliphatic rings. The van der Waals surface area contributed by atoms with Gasteiger partial charge in [-0.3, -0.25) is 0 Å². The van der Waals surface area contributed by atoms with Gasteiger partial charge in [0.1, 0.15) is 11.8 Å². The molecule has 0 N–H and O–H groups in total. The molecule has 19 heavy (non-hydrogen) atoms. The van der Waals surface area contributed by atoms with E-state index in [0.717, 1.165) is 22.9 Å². The summed E-state index contributed by atoms with van der Waals surface area (Å²) in [5.74, 6) is 2.15. The maximum atomic E-state index is 9.11. The van der Waals surface area contributed by atoms with Crippen LogP contribution in [0.25, 0.3) is 0 Å². The average molecular weight is 290 g/mol. The molecular weight excluding hydrogens is 276 g/mol. The van der Waals surface area contributed by atoms with Crippen molar-refractivity contribution in [2.75, 3.05) is 5.75 Å². The number of thioether (sulfide) groups is 1. The van der Waals surface area contributed by atoms with Gasteiger partial charge in [0.15, 0.2) is 9.22 Å². The first-order chi connectivity index (χ1) is 9.33. The molecule has 0 amide bonds. The predicted molar refractivity (Wildman–Crippen MR) is 79.0 cm³/mol. The maximum absolute atomic E-state index is 9.11. The van der Waals surface area contributed by atoms with Crippen molar-refractivity contribution in [3.63, 3.8) is 0 Å². The highest BCUT2D eigenvalue weighted by Gasteiger charge is 2.13.